The molecule has 0 aromatic heterocycles. The molecular formula is C13H30F2NO4PS2. The summed E-state index contributed by atoms with van der Waals surface area (Å²) in [6.07, 6.45) is 4.47. The lowest BCUT2D eigenvalue weighted by atomic mass is 10.3. The molecule has 0 aromatic rings. The Morgan fingerprint density at radius 3 is 1.04 bits per heavy atom. The molecule has 10 heteroatoms. The van der Waals surface area contributed by atoms with E-state index in [-0.39, 0.29) is 0 Å². The second-order valence-corrected chi connectivity index (χ2v) is 13.8. The average molecular weight is 397 g/mol. The molecule has 0 amide bonds. The summed E-state index contributed by atoms with van der Waals surface area (Å²) in [6.45, 7) is 16.8. The second-order valence-electron chi connectivity index (χ2n) is 7.25. The zero-order chi connectivity index (χ0) is 19.1. The summed E-state index contributed by atoms with van der Waals surface area (Å²) in [7, 11) is -11.9. The highest BCUT2D eigenvalue weighted by Gasteiger charge is 2.33. The fourth-order valence-electron chi connectivity index (χ4n) is 2.97. The fraction of sp³-hybridized carbons (Fsp3) is 1.00. The Morgan fingerprint density at radius 2 is 0.957 bits per heavy atom. The number of halogens is 2. The number of hydrogen-bond donors (Lipinski definition) is 0. The molecule has 0 aromatic carbocycles. The Bertz CT molecular complexity index is 478. The predicted molar refractivity (Wildman–Crippen MR) is 95.4 cm³/mol. The number of nitrogens with zero attached hydrogens (tertiary/aromatic N) is 1. The van der Waals surface area contributed by atoms with Gasteiger partial charge in [0, 0.05) is 13.9 Å². The summed E-state index contributed by atoms with van der Waals surface area (Å²) in [6, 6.07) is 0. The highest BCUT2D eigenvalue weighted by Crippen LogP contribution is 2.58. The van der Waals surface area contributed by atoms with Crippen LogP contribution in [0.15, 0.2) is 0 Å². The molecule has 0 bridgehead atoms. The molecular weight excluding hydrogens is 367 g/mol. The molecule has 0 spiro atoms. The van der Waals surface area contributed by atoms with Gasteiger partial charge in [-0.25, -0.2) is 16.8 Å². The molecule has 0 fully saturated rings. The van der Waals surface area contributed by atoms with Gasteiger partial charge in [-0.1, -0.05) is 41.5 Å². The predicted octanol–water partition coefficient (Wildman–Crippen LogP) is 4.39. The summed E-state index contributed by atoms with van der Waals surface area (Å²) in [5.41, 5.74) is 0. The maximum Gasteiger partial charge on any atom is 0.241 e. The molecule has 0 rings (SSSR count). The topological polar surface area (TPSA) is 82.4 Å². The molecule has 0 aliphatic heterocycles. The second kappa shape index (κ2) is 10.2. The van der Waals surface area contributed by atoms with Crippen LogP contribution < -0.4 is 0 Å². The summed E-state index contributed by atoms with van der Waals surface area (Å²) >= 11 is 0. The highest BCUT2D eigenvalue weighted by atomic mass is 32.3. The van der Waals surface area contributed by atoms with Gasteiger partial charge in [0.2, 0.25) is 20.8 Å². The van der Waals surface area contributed by atoms with Crippen LogP contribution in [0.2, 0.25) is 0 Å². The molecule has 5 nitrogen and oxygen atoms in total. The van der Waals surface area contributed by atoms with E-state index in [1.165, 1.54) is 18.5 Å². The summed E-state index contributed by atoms with van der Waals surface area (Å²) in [4.78, 5) is 0. The van der Waals surface area contributed by atoms with Gasteiger partial charge in [-0.15, -0.1) is 7.77 Å². The van der Waals surface area contributed by atoms with E-state index < -0.39 is 28.1 Å². The van der Waals surface area contributed by atoms with Crippen LogP contribution in [-0.4, -0.2) is 42.0 Å². The van der Waals surface area contributed by atoms with Gasteiger partial charge < -0.3 is 4.13 Å². The lowest BCUT2D eigenvalue weighted by Gasteiger charge is -2.28. The van der Waals surface area contributed by atoms with Crippen molar-refractivity contribution in [2.24, 2.45) is 17.8 Å². The minimum atomic E-state index is -5.62. The fourth-order valence-corrected chi connectivity index (χ4v) is 9.56. The maximum absolute atomic E-state index is 11.1. The molecule has 142 valence electrons. The first-order valence-corrected chi connectivity index (χ1v) is 12.9. The van der Waals surface area contributed by atoms with Crippen molar-refractivity contribution < 1.29 is 24.6 Å². The third kappa shape index (κ3) is 20.1. The molecule has 0 radical (unpaired) electrons. The van der Waals surface area contributed by atoms with Crippen LogP contribution in [0, 0.1) is 17.8 Å². The van der Waals surface area contributed by atoms with E-state index in [1.54, 1.807) is 0 Å². The first-order valence-electron chi connectivity index (χ1n) is 7.43. The zero-order valence-corrected chi connectivity index (χ0v) is 17.5. The van der Waals surface area contributed by atoms with E-state index in [2.05, 4.69) is 48.2 Å². The standard InChI is InChI=1S/C13H30P.F2NO4S2/c1-11(2)8-14(7,9-12(3)4)10-13(5)6;1-8(4,5)3-9(2,6)7/h11-13H,8-10H2,1-7H3;/q+1;-1. The third-order valence-corrected chi connectivity index (χ3v) is 8.86. The normalized spacial score (nSPS) is 13.4. The first kappa shape index (κ1) is 25.4. The van der Waals surface area contributed by atoms with Crippen molar-refractivity contribution in [2.75, 3.05) is 25.2 Å². The Kier molecular flexibility index (Phi) is 11.3. The van der Waals surface area contributed by atoms with E-state index in [4.69, 9.17) is 0 Å². The van der Waals surface area contributed by atoms with Crippen LogP contribution >= 0.6 is 7.26 Å². The van der Waals surface area contributed by atoms with Crippen molar-refractivity contribution in [3.05, 3.63) is 4.13 Å². The van der Waals surface area contributed by atoms with Crippen molar-refractivity contribution in [3.63, 3.8) is 0 Å². The van der Waals surface area contributed by atoms with Crippen LogP contribution in [0.1, 0.15) is 41.5 Å². The highest BCUT2D eigenvalue weighted by molar-refractivity contribution is 8.07. The first-order chi connectivity index (χ1) is 9.96. The van der Waals surface area contributed by atoms with Crippen molar-refractivity contribution in [2.45, 2.75) is 41.5 Å². The van der Waals surface area contributed by atoms with Gasteiger partial charge in [-0.05, 0) is 17.8 Å². The molecule has 23 heavy (non-hydrogen) atoms. The van der Waals surface area contributed by atoms with E-state index in [0.29, 0.717) is 0 Å². The molecule has 0 atom stereocenters. The largest absolute Gasteiger partial charge is 0.379 e. The van der Waals surface area contributed by atoms with Gasteiger partial charge in [0.1, 0.15) is 0 Å². The Balaban J connectivity index is 0. The molecule has 0 N–H and O–H groups in total. The van der Waals surface area contributed by atoms with Crippen LogP contribution in [0.4, 0.5) is 7.77 Å². The van der Waals surface area contributed by atoms with Crippen LogP contribution in [-0.2, 0) is 20.8 Å². The summed E-state index contributed by atoms with van der Waals surface area (Å²) < 4.78 is 60.1. The Labute approximate surface area is 141 Å². The smallest absolute Gasteiger partial charge is 0.241 e. The monoisotopic (exact) mass is 397 g/mol. The molecule has 0 unspecified atom stereocenters. The van der Waals surface area contributed by atoms with Crippen molar-refractivity contribution in [1.29, 1.82) is 0 Å². The lowest BCUT2D eigenvalue weighted by molar-refractivity contribution is 0.551. The minimum absolute atomic E-state index is 0.638. The van der Waals surface area contributed by atoms with Crippen molar-refractivity contribution in [3.8, 4) is 0 Å². The maximum atomic E-state index is 11.1. The summed E-state index contributed by atoms with van der Waals surface area (Å²) in [5, 5.41) is 0. The van der Waals surface area contributed by atoms with Gasteiger partial charge >= 0.3 is 0 Å². The lowest BCUT2D eigenvalue weighted by Crippen LogP contribution is -2.16. The SMILES string of the molecule is CC(C)C[P+](C)(CC(C)C)CC(C)C.O=S(=O)(F)[N-]S(=O)(=O)F. The summed E-state index contributed by atoms with van der Waals surface area (Å²) in [5.74, 6) is 2.64. The molecule has 0 saturated heterocycles. The number of hydrogen-bond acceptors (Lipinski definition) is 4. The molecule has 0 aliphatic rings. The quantitative estimate of drug-likeness (QED) is 0.449. The van der Waals surface area contributed by atoms with Gasteiger partial charge in [0.25, 0.3) is 0 Å². The van der Waals surface area contributed by atoms with E-state index in [1.807, 2.05) is 0 Å². The average Bonchev–Trinajstić information content (AvgIpc) is 2.04. The van der Waals surface area contributed by atoms with Crippen LogP contribution in [0.3, 0.4) is 0 Å². The van der Waals surface area contributed by atoms with Gasteiger partial charge in [-0.3, -0.25) is 0 Å². The van der Waals surface area contributed by atoms with E-state index in [0.717, 1.165) is 21.9 Å². The Morgan fingerprint density at radius 1 is 0.739 bits per heavy atom. The van der Waals surface area contributed by atoms with Crippen molar-refractivity contribution >= 4 is 28.1 Å². The van der Waals surface area contributed by atoms with Gasteiger partial charge in [-0.2, -0.15) is 0 Å². The van der Waals surface area contributed by atoms with E-state index >= 15 is 0 Å². The van der Waals surface area contributed by atoms with Crippen LogP contribution in [0.5, 0.6) is 0 Å². The third-order valence-electron chi connectivity index (χ3n) is 2.60. The Hall–Kier alpha value is 0.150. The minimum Gasteiger partial charge on any atom is -0.379 e. The zero-order valence-electron chi connectivity index (χ0n) is 15.0. The van der Waals surface area contributed by atoms with Crippen LogP contribution in [0.25, 0.3) is 4.13 Å². The molecule has 0 saturated carbocycles. The van der Waals surface area contributed by atoms with E-state index in [9.17, 15) is 24.6 Å². The van der Waals surface area contributed by atoms with Gasteiger partial charge in [0.05, 0.1) is 18.5 Å². The molecule has 0 aliphatic carbocycles. The molecule has 0 heterocycles. The van der Waals surface area contributed by atoms with Gasteiger partial charge in [0.15, 0.2) is 0 Å². The number of rotatable bonds is 8. The van der Waals surface area contributed by atoms with Crippen molar-refractivity contribution in [1.82, 2.24) is 0 Å².